The fraction of sp³-hybridized carbons (Fsp3) is 0.600. The first kappa shape index (κ1) is 8.17. The fourth-order valence-corrected chi connectivity index (χ4v) is 1.66. The van der Waals surface area contributed by atoms with Crippen molar-refractivity contribution in [2.75, 3.05) is 31.1 Å². The molecule has 0 aliphatic carbocycles. The first-order chi connectivity index (χ1) is 7.18. The molecule has 0 radical (unpaired) electrons. The highest BCUT2D eigenvalue weighted by Crippen LogP contribution is 2.17. The summed E-state index contributed by atoms with van der Waals surface area (Å²) in [5, 5.41) is 1.60. The summed E-state index contributed by atoms with van der Waals surface area (Å²) in [5.74, 6) is 1.02. The lowest BCUT2D eigenvalue weighted by Crippen LogP contribution is -2.44. The van der Waals surface area contributed by atoms with Crippen LogP contribution in [0.5, 0.6) is 0 Å². The Morgan fingerprint density at radius 2 is 2.07 bits per heavy atom. The molecule has 0 amide bonds. The molecule has 1 fully saturated rings. The molecule has 1 aromatic heterocycles. The van der Waals surface area contributed by atoms with Crippen molar-refractivity contribution in [3.05, 3.63) is 17.6 Å². The van der Waals surface area contributed by atoms with Crippen LogP contribution in [0.15, 0.2) is 6.33 Å². The number of aromatic nitrogens is 2. The van der Waals surface area contributed by atoms with Crippen molar-refractivity contribution in [2.45, 2.75) is 13.8 Å². The van der Waals surface area contributed by atoms with E-state index in [9.17, 15) is 0 Å². The van der Waals surface area contributed by atoms with Gasteiger partial charge in [-0.05, 0) is 13.8 Å². The molecule has 1 aromatic rings. The molecule has 14 heavy (non-hydrogen) atoms. The maximum atomic E-state index is 7.49. The van der Waals surface area contributed by atoms with E-state index in [0.717, 1.165) is 43.3 Å². The van der Waals surface area contributed by atoms with Crippen LogP contribution in [-0.4, -0.2) is 36.1 Å². The Hall–Kier alpha value is -1.16. The summed E-state index contributed by atoms with van der Waals surface area (Å²) in [5.41, 5.74) is 2.18. The van der Waals surface area contributed by atoms with Crippen molar-refractivity contribution in [2.24, 2.45) is 0 Å². The molecule has 1 aliphatic rings. The van der Waals surface area contributed by atoms with Crippen molar-refractivity contribution in [1.29, 1.82) is 0 Å². The van der Waals surface area contributed by atoms with E-state index in [4.69, 9.17) is 1.41 Å². The van der Waals surface area contributed by atoms with Gasteiger partial charge in [-0.15, -0.1) is 0 Å². The van der Waals surface area contributed by atoms with Crippen LogP contribution in [0.25, 0.3) is 0 Å². The molecule has 76 valence electrons. The van der Waals surface area contributed by atoms with Gasteiger partial charge in [-0.2, -0.15) is 0 Å². The van der Waals surface area contributed by atoms with E-state index in [2.05, 4.69) is 21.8 Å². The normalized spacial score (nSPS) is 19.6. The minimum atomic E-state index is 0.780. The van der Waals surface area contributed by atoms with Gasteiger partial charge in [0, 0.05) is 37.4 Å². The van der Waals surface area contributed by atoms with Crippen molar-refractivity contribution in [1.82, 2.24) is 15.3 Å². The maximum Gasteiger partial charge on any atom is 0.135 e. The highest BCUT2D eigenvalue weighted by atomic mass is 15.2. The number of piperazine rings is 1. The largest absolute Gasteiger partial charge is 0.354 e. The van der Waals surface area contributed by atoms with Crippen LogP contribution in [0.3, 0.4) is 0 Å². The molecule has 0 atom stereocenters. The lowest BCUT2D eigenvalue weighted by molar-refractivity contribution is 0.583. The minimum absolute atomic E-state index is 0.780. The second kappa shape index (κ2) is 3.92. The molecule has 0 bridgehead atoms. The van der Waals surface area contributed by atoms with Crippen molar-refractivity contribution in [3.63, 3.8) is 0 Å². The quantitative estimate of drug-likeness (QED) is 0.705. The Morgan fingerprint density at radius 3 is 2.79 bits per heavy atom. The van der Waals surface area contributed by atoms with E-state index in [0.29, 0.717) is 0 Å². The van der Waals surface area contributed by atoms with Crippen molar-refractivity contribution >= 4 is 5.82 Å². The van der Waals surface area contributed by atoms with E-state index in [1.807, 2.05) is 6.92 Å². The van der Waals surface area contributed by atoms with Gasteiger partial charge in [0.25, 0.3) is 0 Å². The minimum Gasteiger partial charge on any atom is -0.354 e. The van der Waals surface area contributed by atoms with Gasteiger partial charge < -0.3 is 10.2 Å². The topological polar surface area (TPSA) is 41.0 Å². The number of hydrogen-bond donors (Lipinski definition) is 1. The number of rotatable bonds is 1. The summed E-state index contributed by atoms with van der Waals surface area (Å²) in [4.78, 5) is 10.7. The van der Waals surface area contributed by atoms with Gasteiger partial charge in [0.2, 0.25) is 0 Å². The number of anilines is 1. The maximum absolute atomic E-state index is 7.49. The molecule has 1 saturated heterocycles. The molecule has 2 rings (SSSR count). The zero-order chi connectivity index (χ0) is 10.8. The smallest absolute Gasteiger partial charge is 0.135 e. The SMILES string of the molecule is [2H]N1CCN(c2ncnc(C)c2C)CC1. The van der Waals surface area contributed by atoms with Crippen molar-refractivity contribution < 1.29 is 1.41 Å². The summed E-state index contributed by atoms with van der Waals surface area (Å²) >= 11 is 0. The molecule has 0 unspecified atom stereocenters. The van der Waals surface area contributed by atoms with Gasteiger partial charge in [0.05, 0.1) is 0 Å². The Labute approximate surface area is 85.8 Å². The van der Waals surface area contributed by atoms with Crippen LogP contribution in [0, 0.1) is 13.8 Å². The third-order valence-corrected chi connectivity index (χ3v) is 2.67. The van der Waals surface area contributed by atoms with Crippen LogP contribution >= 0.6 is 0 Å². The highest BCUT2D eigenvalue weighted by molar-refractivity contribution is 5.47. The summed E-state index contributed by atoms with van der Waals surface area (Å²) in [7, 11) is 0. The Morgan fingerprint density at radius 1 is 1.36 bits per heavy atom. The number of hydrogen-bond acceptors (Lipinski definition) is 4. The number of aryl methyl sites for hydroxylation is 1. The monoisotopic (exact) mass is 193 g/mol. The molecule has 4 nitrogen and oxygen atoms in total. The second-order valence-electron chi connectivity index (χ2n) is 3.57. The Bertz CT molecular complexity index is 347. The third kappa shape index (κ3) is 1.70. The van der Waals surface area contributed by atoms with E-state index < -0.39 is 0 Å². The van der Waals surface area contributed by atoms with E-state index in [1.54, 1.807) is 11.6 Å². The molecule has 0 saturated carbocycles. The number of nitrogens with zero attached hydrogens (tertiary/aromatic N) is 3. The van der Waals surface area contributed by atoms with Crippen molar-refractivity contribution in [3.8, 4) is 0 Å². The van der Waals surface area contributed by atoms with Gasteiger partial charge in [0.1, 0.15) is 13.6 Å². The molecule has 4 heteroatoms. The molecular formula is C10H16N4. The third-order valence-electron chi connectivity index (χ3n) is 2.67. The van der Waals surface area contributed by atoms with Crippen LogP contribution in [0.4, 0.5) is 5.82 Å². The fourth-order valence-electron chi connectivity index (χ4n) is 1.66. The molecule has 2 heterocycles. The van der Waals surface area contributed by atoms with E-state index in [1.165, 1.54) is 0 Å². The van der Waals surface area contributed by atoms with E-state index in [-0.39, 0.29) is 0 Å². The molecule has 1 N–H and O–H groups in total. The first-order valence-electron chi connectivity index (χ1n) is 5.40. The van der Waals surface area contributed by atoms with Crippen LogP contribution in [0.1, 0.15) is 11.3 Å². The summed E-state index contributed by atoms with van der Waals surface area (Å²) < 4.78 is 7.49. The summed E-state index contributed by atoms with van der Waals surface area (Å²) in [6.07, 6.45) is 1.62. The van der Waals surface area contributed by atoms with E-state index >= 15 is 0 Å². The average molecular weight is 193 g/mol. The predicted molar refractivity (Wildman–Crippen MR) is 56.6 cm³/mol. The summed E-state index contributed by atoms with van der Waals surface area (Å²) in [6, 6.07) is 0. The van der Waals surface area contributed by atoms with Gasteiger partial charge in [0.15, 0.2) is 0 Å². The van der Waals surface area contributed by atoms with Gasteiger partial charge in [-0.25, -0.2) is 9.97 Å². The van der Waals surface area contributed by atoms with Crippen LogP contribution in [-0.2, 0) is 0 Å². The lowest BCUT2D eigenvalue weighted by atomic mass is 10.2. The molecule has 0 aromatic carbocycles. The van der Waals surface area contributed by atoms with Crippen LogP contribution in [0.2, 0.25) is 1.41 Å². The lowest BCUT2D eigenvalue weighted by Gasteiger charge is -2.29. The van der Waals surface area contributed by atoms with Gasteiger partial charge in [-0.1, -0.05) is 0 Å². The van der Waals surface area contributed by atoms with Gasteiger partial charge >= 0.3 is 0 Å². The second-order valence-corrected chi connectivity index (χ2v) is 3.57. The zero-order valence-electron chi connectivity index (χ0n) is 9.69. The Kier molecular flexibility index (Phi) is 2.29. The Balaban J connectivity index is 2.19. The van der Waals surface area contributed by atoms with Gasteiger partial charge in [-0.3, -0.25) is 0 Å². The first-order valence-corrected chi connectivity index (χ1v) is 4.95. The average Bonchev–Trinajstić information content (AvgIpc) is 2.24. The highest BCUT2D eigenvalue weighted by Gasteiger charge is 2.14. The standard InChI is InChI=1S/C10H16N4/c1-8-9(2)12-7-13-10(8)14-5-3-11-4-6-14/h7,11H,3-6H2,1-2H3/i/hD. The van der Waals surface area contributed by atoms with Crippen LogP contribution < -0.4 is 10.2 Å². The molecular weight excluding hydrogens is 176 g/mol. The summed E-state index contributed by atoms with van der Waals surface area (Å²) in [6.45, 7) is 7.37. The molecule has 1 aliphatic heterocycles. The molecule has 0 spiro atoms. The number of nitrogens with one attached hydrogen (secondary N) is 1. The zero-order valence-corrected chi connectivity index (χ0v) is 8.69. The predicted octanol–water partition coefficient (Wildman–Crippen LogP) is 0.503.